The first-order chi connectivity index (χ1) is 13.9. The molecule has 0 spiro atoms. The van der Waals surface area contributed by atoms with Gasteiger partial charge in [0, 0.05) is 13.2 Å². The lowest BCUT2D eigenvalue weighted by molar-refractivity contribution is -0.137. The Morgan fingerprint density at radius 1 is 1.17 bits per heavy atom. The van der Waals surface area contributed by atoms with Gasteiger partial charge in [-0.25, -0.2) is 9.97 Å². The summed E-state index contributed by atoms with van der Waals surface area (Å²) in [7, 11) is 0. The Balaban J connectivity index is 1.96. The van der Waals surface area contributed by atoms with Crippen molar-refractivity contribution < 1.29 is 23.4 Å². The third-order valence-corrected chi connectivity index (χ3v) is 4.45. The maximum absolute atomic E-state index is 13.2. The first-order valence-electron chi connectivity index (χ1n) is 8.81. The number of rotatable bonds is 6. The highest BCUT2D eigenvalue weighted by Gasteiger charge is 2.31. The molecule has 4 rings (SSSR count). The summed E-state index contributed by atoms with van der Waals surface area (Å²) in [6.45, 7) is 0.0931. The van der Waals surface area contributed by atoms with Gasteiger partial charge in [-0.1, -0.05) is 0 Å². The molecular formula is C18H17F3N6O2. The van der Waals surface area contributed by atoms with Crippen LogP contribution in [0.2, 0.25) is 0 Å². The summed E-state index contributed by atoms with van der Waals surface area (Å²) in [5.74, 6) is 0.304. The second-order valence-corrected chi connectivity index (χ2v) is 6.40. The Morgan fingerprint density at radius 2 is 2.00 bits per heavy atom. The van der Waals surface area contributed by atoms with Gasteiger partial charge in [-0.2, -0.15) is 18.3 Å². The fourth-order valence-corrected chi connectivity index (χ4v) is 3.08. The van der Waals surface area contributed by atoms with E-state index in [-0.39, 0.29) is 18.7 Å². The van der Waals surface area contributed by atoms with Gasteiger partial charge in [0.05, 0.1) is 46.5 Å². The van der Waals surface area contributed by atoms with Crippen molar-refractivity contribution in [2.75, 3.05) is 18.5 Å². The lowest BCUT2D eigenvalue weighted by Crippen LogP contribution is -2.09. The number of aromatic amines is 1. The van der Waals surface area contributed by atoms with E-state index in [0.717, 1.165) is 12.1 Å². The predicted octanol–water partition coefficient (Wildman–Crippen LogP) is 2.58. The number of nitrogens with one attached hydrogen (secondary N) is 2. The summed E-state index contributed by atoms with van der Waals surface area (Å²) in [6.07, 6.45) is -2.49. The molecular weight excluding hydrogens is 389 g/mol. The Labute approximate surface area is 162 Å². The van der Waals surface area contributed by atoms with Gasteiger partial charge in [0.2, 0.25) is 0 Å². The van der Waals surface area contributed by atoms with Crippen LogP contribution >= 0.6 is 0 Å². The molecule has 0 unspecified atom stereocenters. The van der Waals surface area contributed by atoms with Crippen molar-refractivity contribution in [2.24, 2.45) is 0 Å². The molecule has 4 aromatic rings. The number of aliphatic hydroxyl groups is 2. The molecule has 0 saturated heterocycles. The van der Waals surface area contributed by atoms with E-state index in [9.17, 15) is 18.3 Å². The first kappa shape index (κ1) is 19.2. The number of hydrogen-bond donors (Lipinski definition) is 4. The molecule has 0 aliphatic rings. The number of alkyl halides is 3. The molecule has 3 heterocycles. The smallest absolute Gasteiger partial charge is 0.396 e. The topological polar surface area (TPSA) is 111 Å². The highest BCUT2D eigenvalue weighted by molar-refractivity contribution is 5.86. The Bertz CT molecular complexity index is 1170. The number of imidazole rings is 1. The van der Waals surface area contributed by atoms with Crippen molar-refractivity contribution in [3.05, 3.63) is 41.7 Å². The predicted molar refractivity (Wildman–Crippen MR) is 99.2 cm³/mol. The van der Waals surface area contributed by atoms with Crippen molar-refractivity contribution in [2.45, 2.75) is 19.2 Å². The average molecular weight is 406 g/mol. The van der Waals surface area contributed by atoms with Crippen LogP contribution in [-0.4, -0.2) is 47.9 Å². The number of H-pyrrole nitrogens is 1. The number of nitrogens with zero attached hydrogens (tertiary/aromatic N) is 4. The largest absolute Gasteiger partial charge is 0.416 e. The minimum atomic E-state index is -4.49. The number of anilines is 1. The third kappa shape index (κ3) is 3.49. The molecule has 0 amide bonds. The van der Waals surface area contributed by atoms with Gasteiger partial charge in [-0.15, -0.1) is 0 Å². The molecule has 0 bridgehead atoms. The van der Waals surface area contributed by atoms with Crippen LogP contribution in [0, 0.1) is 0 Å². The summed E-state index contributed by atoms with van der Waals surface area (Å²) in [5.41, 5.74) is 1.73. The van der Waals surface area contributed by atoms with Crippen molar-refractivity contribution in [3.8, 4) is 11.4 Å². The zero-order valence-electron chi connectivity index (χ0n) is 15.0. The molecule has 3 aromatic heterocycles. The maximum Gasteiger partial charge on any atom is 0.416 e. The number of benzene rings is 1. The number of halogens is 3. The van der Waals surface area contributed by atoms with E-state index in [2.05, 4.69) is 25.5 Å². The van der Waals surface area contributed by atoms with Gasteiger partial charge in [-0.05, 0) is 30.7 Å². The molecule has 0 atom stereocenters. The van der Waals surface area contributed by atoms with E-state index in [1.165, 1.54) is 6.07 Å². The van der Waals surface area contributed by atoms with Gasteiger partial charge in [0.15, 0.2) is 11.5 Å². The monoisotopic (exact) mass is 406 g/mol. The maximum atomic E-state index is 13.2. The second-order valence-electron chi connectivity index (χ2n) is 6.40. The van der Waals surface area contributed by atoms with E-state index in [1.807, 2.05) is 0 Å². The summed E-state index contributed by atoms with van der Waals surface area (Å²) in [6, 6.07) is 4.98. The van der Waals surface area contributed by atoms with Gasteiger partial charge in [0.25, 0.3) is 0 Å². The van der Waals surface area contributed by atoms with Crippen LogP contribution in [0.1, 0.15) is 17.7 Å². The molecule has 1 aromatic carbocycles. The molecule has 8 nitrogen and oxygen atoms in total. The van der Waals surface area contributed by atoms with E-state index in [0.29, 0.717) is 47.0 Å². The molecule has 4 N–H and O–H groups in total. The summed E-state index contributed by atoms with van der Waals surface area (Å²) < 4.78 is 41.2. The van der Waals surface area contributed by atoms with E-state index >= 15 is 0 Å². The fourth-order valence-electron chi connectivity index (χ4n) is 3.08. The number of aromatic nitrogens is 5. The highest BCUT2D eigenvalue weighted by Crippen LogP contribution is 2.33. The molecule has 29 heavy (non-hydrogen) atoms. The van der Waals surface area contributed by atoms with Crippen molar-refractivity contribution in [3.63, 3.8) is 0 Å². The summed E-state index contributed by atoms with van der Waals surface area (Å²) in [5, 5.41) is 28.0. The molecule has 11 heteroatoms. The van der Waals surface area contributed by atoms with Gasteiger partial charge < -0.3 is 15.5 Å². The van der Waals surface area contributed by atoms with Crippen LogP contribution in [0.5, 0.6) is 0 Å². The minimum absolute atomic E-state index is 0.0349. The van der Waals surface area contributed by atoms with Crippen molar-refractivity contribution in [1.82, 2.24) is 24.6 Å². The van der Waals surface area contributed by atoms with Crippen LogP contribution in [0.4, 0.5) is 19.0 Å². The quantitative estimate of drug-likeness (QED) is 0.366. The van der Waals surface area contributed by atoms with Crippen LogP contribution in [0.3, 0.4) is 0 Å². The third-order valence-electron chi connectivity index (χ3n) is 4.45. The number of aliphatic hydroxyl groups excluding tert-OH is 2. The molecule has 152 valence electrons. The van der Waals surface area contributed by atoms with Gasteiger partial charge >= 0.3 is 6.18 Å². The normalized spacial score (nSPS) is 12.2. The summed E-state index contributed by atoms with van der Waals surface area (Å²) >= 11 is 0. The van der Waals surface area contributed by atoms with Gasteiger partial charge in [-0.3, -0.25) is 9.50 Å². The molecule has 0 aliphatic carbocycles. The van der Waals surface area contributed by atoms with Crippen molar-refractivity contribution >= 4 is 22.5 Å². The average Bonchev–Trinajstić information content (AvgIpc) is 3.34. The zero-order chi connectivity index (χ0) is 20.6. The zero-order valence-corrected chi connectivity index (χ0v) is 15.0. The molecule has 0 saturated carbocycles. The van der Waals surface area contributed by atoms with Crippen LogP contribution in [0.25, 0.3) is 28.1 Å². The van der Waals surface area contributed by atoms with Crippen molar-refractivity contribution in [1.29, 1.82) is 0 Å². The number of fused-ring (bicyclic) bond motifs is 3. The molecule has 0 aliphatic heterocycles. The highest BCUT2D eigenvalue weighted by atomic mass is 19.4. The summed E-state index contributed by atoms with van der Waals surface area (Å²) in [4.78, 5) is 8.71. The SMILES string of the molecule is OCCCNc1nc2cc(C(F)(F)F)ccc2n2c(-c3cc(CO)n[nH]3)cnc12. The lowest BCUT2D eigenvalue weighted by Gasteiger charge is -2.13. The number of hydrogen-bond acceptors (Lipinski definition) is 6. The minimum Gasteiger partial charge on any atom is -0.396 e. The Morgan fingerprint density at radius 3 is 2.69 bits per heavy atom. The molecule has 0 radical (unpaired) electrons. The van der Waals surface area contributed by atoms with E-state index in [4.69, 9.17) is 5.11 Å². The van der Waals surface area contributed by atoms with Crippen LogP contribution in [-0.2, 0) is 12.8 Å². The second kappa shape index (κ2) is 7.33. The lowest BCUT2D eigenvalue weighted by atomic mass is 10.2. The first-order valence-corrected chi connectivity index (χ1v) is 8.81. The van der Waals surface area contributed by atoms with Crippen LogP contribution in [0.15, 0.2) is 30.5 Å². The van der Waals surface area contributed by atoms with Crippen LogP contribution < -0.4 is 5.32 Å². The molecule has 0 fully saturated rings. The van der Waals surface area contributed by atoms with E-state index < -0.39 is 11.7 Å². The van der Waals surface area contributed by atoms with Gasteiger partial charge in [0.1, 0.15) is 0 Å². The Hall–Kier alpha value is -3.18. The Kier molecular flexibility index (Phi) is 4.84. The van der Waals surface area contributed by atoms with E-state index in [1.54, 1.807) is 16.7 Å². The fraction of sp³-hybridized carbons (Fsp3) is 0.278. The standard InChI is InChI=1S/C18H17F3N6O2/c19-18(20,21)10-2-3-14-12(6-10)24-16(22-4-1-5-28)17-23-8-15(27(14)17)13-7-11(9-29)25-26-13/h2-3,6-8,28-29H,1,4-5,9H2,(H,22,24)(H,25,26).